The van der Waals surface area contributed by atoms with E-state index in [2.05, 4.69) is 10.3 Å². The zero-order valence-electron chi connectivity index (χ0n) is 10.6. The number of aliphatic carboxylic acids is 1. The Morgan fingerprint density at radius 3 is 2.67 bits per heavy atom. The van der Waals surface area contributed by atoms with Crippen LogP contribution >= 0.6 is 11.3 Å². The van der Waals surface area contributed by atoms with Crippen LogP contribution in [0.1, 0.15) is 20.8 Å². The van der Waals surface area contributed by atoms with Crippen LogP contribution in [0.5, 0.6) is 0 Å². The topological polar surface area (TPSA) is 103 Å². The molecule has 6 nitrogen and oxygen atoms in total. The first-order chi connectivity index (χ1) is 10.1. The molecule has 0 aliphatic heterocycles. The number of carboxylic acid groups (broad SMARTS) is 1. The highest BCUT2D eigenvalue weighted by atomic mass is 32.1. The van der Waals surface area contributed by atoms with E-state index in [1.54, 1.807) is 24.3 Å². The van der Waals surface area contributed by atoms with Gasteiger partial charge in [0.2, 0.25) is 0 Å². The lowest BCUT2D eigenvalue weighted by atomic mass is 10.1. The van der Waals surface area contributed by atoms with Crippen molar-refractivity contribution in [3.63, 3.8) is 0 Å². The van der Waals surface area contributed by atoms with Gasteiger partial charge in [-0.25, -0.2) is 9.78 Å². The van der Waals surface area contributed by atoms with E-state index in [1.165, 1.54) is 12.3 Å². The van der Waals surface area contributed by atoms with E-state index >= 15 is 0 Å². The van der Waals surface area contributed by atoms with Crippen molar-refractivity contribution >= 4 is 34.4 Å². The molecule has 0 fully saturated rings. The quantitative estimate of drug-likeness (QED) is 0.843. The van der Waals surface area contributed by atoms with E-state index in [-0.39, 0.29) is 5.91 Å². The summed E-state index contributed by atoms with van der Waals surface area (Å²) in [5.41, 5.74) is 0.883. The minimum atomic E-state index is -1.05. The summed E-state index contributed by atoms with van der Waals surface area (Å²) in [6.45, 7) is 0. The molecule has 21 heavy (non-hydrogen) atoms. The normalized spacial score (nSPS) is 10.2. The zero-order valence-corrected chi connectivity index (χ0v) is 11.4. The molecule has 0 saturated heterocycles. The Hall–Kier alpha value is -2.98. The number of aromatic nitrogens is 1. The number of rotatable bonds is 4. The SMILES string of the molecule is N#Cc1ccc(C(=O)Nc2ncc(C=CC(=O)O)s2)cc1. The monoisotopic (exact) mass is 299 g/mol. The van der Waals surface area contributed by atoms with Crippen molar-refractivity contribution in [3.05, 3.63) is 52.5 Å². The fourth-order valence-electron chi connectivity index (χ4n) is 1.44. The standard InChI is InChI=1S/C14H9N3O3S/c15-7-9-1-3-10(4-2-9)13(20)17-14-16-8-11(21-14)5-6-12(18)19/h1-6,8H,(H,18,19)(H,16,17,20). The van der Waals surface area contributed by atoms with Gasteiger partial charge in [0.05, 0.1) is 11.6 Å². The van der Waals surface area contributed by atoms with Crippen LogP contribution in [0.2, 0.25) is 0 Å². The number of anilines is 1. The van der Waals surface area contributed by atoms with Crippen LogP contribution < -0.4 is 5.32 Å². The van der Waals surface area contributed by atoms with Gasteiger partial charge in [-0.15, -0.1) is 0 Å². The number of benzene rings is 1. The van der Waals surface area contributed by atoms with Crippen molar-refractivity contribution in [1.29, 1.82) is 5.26 Å². The van der Waals surface area contributed by atoms with Crippen LogP contribution in [0.4, 0.5) is 5.13 Å². The molecule has 0 spiro atoms. The molecule has 0 unspecified atom stereocenters. The molecule has 0 aliphatic rings. The number of amides is 1. The van der Waals surface area contributed by atoms with Gasteiger partial charge in [0.25, 0.3) is 5.91 Å². The lowest BCUT2D eigenvalue weighted by molar-refractivity contribution is -0.131. The van der Waals surface area contributed by atoms with E-state index in [1.807, 2.05) is 6.07 Å². The summed E-state index contributed by atoms with van der Waals surface area (Å²) in [4.78, 5) is 27.0. The molecular weight excluding hydrogens is 290 g/mol. The van der Waals surface area contributed by atoms with E-state index in [0.29, 0.717) is 21.1 Å². The van der Waals surface area contributed by atoms with Crippen LogP contribution in [0.3, 0.4) is 0 Å². The number of thiazole rings is 1. The van der Waals surface area contributed by atoms with Crippen molar-refractivity contribution in [3.8, 4) is 6.07 Å². The first-order valence-electron chi connectivity index (χ1n) is 5.77. The van der Waals surface area contributed by atoms with Gasteiger partial charge in [-0.05, 0) is 30.3 Å². The van der Waals surface area contributed by atoms with Gasteiger partial charge in [-0.3, -0.25) is 10.1 Å². The molecule has 0 radical (unpaired) electrons. The highest BCUT2D eigenvalue weighted by Gasteiger charge is 2.08. The molecule has 7 heteroatoms. The van der Waals surface area contributed by atoms with E-state index in [0.717, 1.165) is 17.4 Å². The molecule has 1 heterocycles. The second-order valence-corrected chi connectivity index (χ2v) is 4.94. The molecule has 0 atom stereocenters. The number of hydrogen-bond donors (Lipinski definition) is 2. The summed E-state index contributed by atoms with van der Waals surface area (Å²) < 4.78 is 0. The van der Waals surface area contributed by atoms with Crippen molar-refractivity contribution < 1.29 is 14.7 Å². The van der Waals surface area contributed by atoms with Crippen molar-refractivity contribution in [1.82, 2.24) is 4.98 Å². The van der Waals surface area contributed by atoms with E-state index in [4.69, 9.17) is 10.4 Å². The van der Waals surface area contributed by atoms with Crippen molar-refractivity contribution in [2.75, 3.05) is 5.32 Å². The number of nitrogens with one attached hydrogen (secondary N) is 1. The van der Waals surface area contributed by atoms with Crippen molar-refractivity contribution in [2.45, 2.75) is 0 Å². The second-order valence-electron chi connectivity index (χ2n) is 3.88. The van der Waals surface area contributed by atoms with Gasteiger partial charge in [0, 0.05) is 22.7 Å². The average molecular weight is 299 g/mol. The Morgan fingerprint density at radius 1 is 1.33 bits per heavy atom. The van der Waals surface area contributed by atoms with Crippen LogP contribution in [0, 0.1) is 11.3 Å². The summed E-state index contributed by atoms with van der Waals surface area (Å²) in [5.74, 6) is -1.39. The minimum absolute atomic E-state index is 0.345. The molecule has 1 amide bonds. The number of carbonyl (C=O) groups excluding carboxylic acids is 1. The predicted molar refractivity (Wildman–Crippen MR) is 77.9 cm³/mol. The van der Waals surface area contributed by atoms with Gasteiger partial charge in [-0.1, -0.05) is 11.3 Å². The Bertz CT molecular complexity index is 742. The Morgan fingerprint density at radius 2 is 2.05 bits per heavy atom. The maximum atomic E-state index is 11.9. The number of nitrogens with zero attached hydrogens (tertiary/aromatic N) is 2. The molecule has 1 aromatic heterocycles. The number of carbonyl (C=O) groups is 2. The van der Waals surface area contributed by atoms with Gasteiger partial charge in [-0.2, -0.15) is 5.26 Å². The van der Waals surface area contributed by atoms with Crippen molar-refractivity contribution in [2.24, 2.45) is 0 Å². The molecule has 0 aliphatic carbocycles. The van der Waals surface area contributed by atoms with Crippen LogP contribution in [-0.4, -0.2) is 22.0 Å². The fraction of sp³-hybridized carbons (Fsp3) is 0. The lowest BCUT2D eigenvalue weighted by Crippen LogP contribution is -2.11. The predicted octanol–water partition coefficient (Wildman–Crippen LogP) is 2.36. The summed E-state index contributed by atoms with van der Waals surface area (Å²) in [5, 5.41) is 20.2. The highest BCUT2D eigenvalue weighted by Crippen LogP contribution is 2.20. The molecule has 2 aromatic rings. The summed E-state index contributed by atoms with van der Waals surface area (Å²) >= 11 is 1.16. The third kappa shape index (κ3) is 3.99. The molecule has 0 bridgehead atoms. The molecule has 1 aromatic carbocycles. The molecular formula is C14H9N3O3S. The van der Waals surface area contributed by atoms with Crippen LogP contribution in [0.25, 0.3) is 6.08 Å². The maximum Gasteiger partial charge on any atom is 0.328 e. The Labute approximate surface area is 124 Å². The Kier molecular flexibility index (Phi) is 4.43. The summed E-state index contributed by atoms with van der Waals surface area (Å²) in [6, 6.07) is 8.18. The lowest BCUT2D eigenvalue weighted by Gasteiger charge is -2.01. The van der Waals surface area contributed by atoms with Gasteiger partial charge < -0.3 is 5.11 Å². The number of nitriles is 1. The highest BCUT2D eigenvalue weighted by molar-refractivity contribution is 7.16. The average Bonchev–Trinajstić information content (AvgIpc) is 2.92. The molecule has 2 N–H and O–H groups in total. The number of carboxylic acids is 1. The third-order valence-corrected chi connectivity index (χ3v) is 3.29. The van der Waals surface area contributed by atoms with E-state index < -0.39 is 5.97 Å². The zero-order chi connectivity index (χ0) is 15.2. The third-order valence-electron chi connectivity index (χ3n) is 2.41. The molecule has 2 rings (SSSR count). The molecule has 0 saturated carbocycles. The summed E-state index contributed by atoms with van der Waals surface area (Å²) in [7, 11) is 0. The largest absolute Gasteiger partial charge is 0.478 e. The van der Waals surface area contributed by atoms with Gasteiger partial charge >= 0.3 is 5.97 Å². The number of hydrogen-bond acceptors (Lipinski definition) is 5. The summed E-state index contributed by atoms with van der Waals surface area (Å²) in [6.07, 6.45) is 3.87. The first kappa shape index (κ1) is 14.4. The second kappa shape index (κ2) is 6.45. The maximum absolute atomic E-state index is 11.9. The van der Waals surface area contributed by atoms with Gasteiger partial charge in [0.1, 0.15) is 0 Å². The van der Waals surface area contributed by atoms with Crippen LogP contribution in [0.15, 0.2) is 36.5 Å². The first-order valence-corrected chi connectivity index (χ1v) is 6.58. The minimum Gasteiger partial charge on any atom is -0.478 e. The smallest absolute Gasteiger partial charge is 0.328 e. The van der Waals surface area contributed by atoms with Gasteiger partial charge in [0.15, 0.2) is 5.13 Å². The van der Waals surface area contributed by atoms with E-state index in [9.17, 15) is 9.59 Å². The Balaban J connectivity index is 2.05. The van der Waals surface area contributed by atoms with Crippen LogP contribution in [-0.2, 0) is 4.79 Å². The molecule has 104 valence electrons. The fourth-order valence-corrected chi connectivity index (χ4v) is 2.15.